The van der Waals surface area contributed by atoms with Gasteiger partial charge in [0.25, 0.3) is 5.91 Å². The summed E-state index contributed by atoms with van der Waals surface area (Å²) in [5.41, 5.74) is 3.96. The Morgan fingerprint density at radius 3 is 2.12 bits per heavy atom. The Morgan fingerprint density at radius 2 is 1.71 bits per heavy atom. The van der Waals surface area contributed by atoms with E-state index in [4.69, 9.17) is 10.5 Å². The average molecular weight is 346 g/mol. The van der Waals surface area contributed by atoms with Crippen LogP contribution in [0, 0.1) is 0 Å². The number of carbonyl (C=O) groups excluding carboxylic acids is 2. The minimum atomic E-state index is -4.55. The SMILES string of the molecule is CC(C)N(C(=O)COC(=O)c1ccc(C(F)(F)F)cc1N)C(C)C. The molecule has 1 aromatic rings. The lowest BCUT2D eigenvalue weighted by atomic mass is 10.1. The van der Waals surface area contributed by atoms with Crippen molar-refractivity contribution < 1.29 is 27.5 Å². The van der Waals surface area contributed by atoms with Crippen molar-refractivity contribution in [1.29, 1.82) is 0 Å². The molecule has 0 aliphatic carbocycles. The van der Waals surface area contributed by atoms with Crippen molar-refractivity contribution >= 4 is 17.6 Å². The van der Waals surface area contributed by atoms with Gasteiger partial charge in [0.1, 0.15) is 0 Å². The number of nitrogens with two attached hydrogens (primary N) is 1. The molecule has 0 saturated carbocycles. The van der Waals surface area contributed by atoms with E-state index in [1.165, 1.54) is 0 Å². The van der Waals surface area contributed by atoms with Gasteiger partial charge in [-0.1, -0.05) is 0 Å². The highest BCUT2D eigenvalue weighted by Crippen LogP contribution is 2.31. The van der Waals surface area contributed by atoms with Gasteiger partial charge in [0.2, 0.25) is 0 Å². The summed E-state index contributed by atoms with van der Waals surface area (Å²) in [4.78, 5) is 25.6. The van der Waals surface area contributed by atoms with Crippen molar-refractivity contribution in [3.63, 3.8) is 0 Å². The summed E-state index contributed by atoms with van der Waals surface area (Å²) in [6.45, 7) is 6.80. The maximum atomic E-state index is 12.6. The van der Waals surface area contributed by atoms with Gasteiger partial charge in [-0.05, 0) is 45.9 Å². The first kappa shape index (κ1) is 19.8. The van der Waals surface area contributed by atoms with E-state index in [9.17, 15) is 22.8 Å². The van der Waals surface area contributed by atoms with Gasteiger partial charge in [0.05, 0.1) is 11.1 Å². The standard InChI is InChI=1S/C16H21F3N2O3/c1-9(2)21(10(3)4)14(22)8-24-15(23)12-6-5-11(7-13(12)20)16(17,18)19/h5-7,9-10H,8,20H2,1-4H3. The van der Waals surface area contributed by atoms with Crippen LogP contribution in [0.5, 0.6) is 0 Å². The second kappa shape index (κ2) is 7.55. The molecule has 0 atom stereocenters. The number of nitrogen functional groups attached to an aromatic ring is 1. The lowest BCUT2D eigenvalue weighted by molar-refractivity contribution is -0.138. The highest BCUT2D eigenvalue weighted by molar-refractivity contribution is 5.96. The molecule has 0 bridgehead atoms. The Kier molecular flexibility index (Phi) is 6.22. The van der Waals surface area contributed by atoms with Gasteiger partial charge >= 0.3 is 12.1 Å². The van der Waals surface area contributed by atoms with E-state index in [0.29, 0.717) is 6.07 Å². The van der Waals surface area contributed by atoms with Crippen LogP contribution in [0.4, 0.5) is 18.9 Å². The van der Waals surface area contributed by atoms with Gasteiger partial charge in [-0.3, -0.25) is 4.79 Å². The van der Waals surface area contributed by atoms with Crippen LogP contribution in [0.15, 0.2) is 18.2 Å². The van der Waals surface area contributed by atoms with E-state index in [2.05, 4.69) is 0 Å². The molecule has 8 heteroatoms. The minimum absolute atomic E-state index is 0.0765. The molecular weight excluding hydrogens is 325 g/mol. The second-order valence-electron chi connectivity index (χ2n) is 5.86. The summed E-state index contributed by atoms with van der Waals surface area (Å²) in [6.07, 6.45) is -4.55. The van der Waals surface area contributed by atoms with E-state index < -0.39 is 24.3 Å². The van der Waals surface area contributed by atoms with Gasteiger partial charge in [-0.15, -0.1) is 0 Å². The molecule has 0 aliphatic heterocycles. The Hall–Kier alpha value is -2.25. The molecule has 1 rings (SSSR count). The van der Waals surface area contributed by atoms with E-state index in [1.54, 1.807) is 4.90 Å². The second-order valence-corrected chi connectivity index (χ2v) is 5.86. The fourth-order valence-corrected chi connectivity index (χ4v) is 2.38. The van der Waals surface area contributed by atoms with Gasteiger partial charge < -0.3 is 15.4 Å². The van der Waals surface area contributed by atoms with Crippen LogP contribution in [-0.2, 0) is 15.7 Å². The molecule has 2 N–H and O–H groups in total. The number of esters is 1. The molecule has 0 radical (unpaired) electrons. The maximum absolute atomic E-state index is 12.6. The highest BCUT2D eigenvalue weighted by Gasteiger charge is 2.31. The number of amides is 1. The van der Waals surface area contributed by atoms with Crippen LogP contribution >= 0.6 is 0 Å². The molecule has 0 unspecified atom stereocenters. The Morgan fingerprint density at radius 1 is 1.17 bits per heavy atom. The molecule has 0 spiro atoms. The number of carbonyl (C=O) groups is 2. The van der Waals surface area contributed by atoms with Crippen molar-refractivity contribution in [3.05, 3.63) is 29.3 Å². The number of hydrogen-bond acceptors (Lipinski definition) is 4. The van der Waals surface area contributed by atoms with Crippen LogP contribution in [0.3, 0.4) is 0 Å². The molecule has 134 valence electrons. The predicted octanol–water partition coefficient (Wildman–Crippen LogP) is 3.09. The Labute approximate surface area is 138 Å². The zero-order valence-corrected chi connectivity index (χ0v) is 14.0. The molecule has 0 aromatic heterocycles. The average Bonchev–Trinajstić information content (AvgIpc) is 2.42. The van der Waals surface area contributed by atoms with Crippen molar-refractivity contribution in [3.8, 4) is 0 Å². The largest absolute Gasteiger partial charge is 0.452 e. The third-order valence-electron chi connectivity index (χ3n) is 3.33. The van der Waals surface area contributed by atoms with Gasteiger partial charge in [-0.2, -0.15) is 13.2 Å². The fourth-order valence-electron chi connectivity index (χ4n) is 2.38. The molecule has 1 aromatic carbocycles. The lowest BCUT2D eigenvalue weighted by Gasteiger charge is -2.30. The minimum Gasteiger partial charge on any atom is -0.452 e. The van der Waals surface area contributed by atoms with Crippen molar-refractivity contribution in [1.82, 2.24) is 4.90 Å². The zero-order chi connectivity index (χ0) is 18.7. The number of anilines is 1. The lowest BCUT2D eigenvalue weighted by Crippen LogP contribution is -2.44. The van der Waals surface area contributed by atoms with Crippen LogP contribution in [0.1, 0.15) is 43.6 Å². The molecular formula is C16H21F3N2O3. The van der Waals surface area contributed by atoms with Crippen LogP contribution < -0.4 is 5.73 Å². The van der Waals surface area contributed by atoms with E-state index in [1.807, 2.05) is 27.7 Å². The molecule has 0 heterocycles. The number of hydrogen-bond donors (Lipinski definition) is 1. The van der Waals surface area contributed by atoms with Crippen molar-refractivity contribution in [2.45, 2.75) is 46.0 Å². The molecule has 0 fully saturated rings. The van der Waals surface area contributed by atoms with Crippen LogP contribution in [-0.4, -0.2) is 35.5 Å². The summed E-state index contributed by atoms with van der Waals surface area (Å²) < 4.78 is 42.6. The first-order valence-corrected chi connectivity index (χ1v) is 7.40. The molecule has 5 nitrogen and oxygen atoms in total. The Bertz CT molecular complexity index is 605. The summed E-state index contributed by atoms with van der Waals surface area (Å²) in [6, 6.07) is 2.18. The third kappa shape index (κ3) is 4.87. The Balaban J connectivity index is 2.81. The number of ether oxygens (including phenoxy) is 1. The van der Waals surface area contributed by atoms with E-state index in [-0.39, 0.29) is 29.2 Å². The van der Waals surface area contributed by atoms with Crippen molar-refractivity contribution in [2.75, 3.05) is 12.3 Å². The zero-order valence-electron chi connectivity index (χ0n) is 14.0. The molecule has 1 amide bonds. The quantitative estimate of drug-likeness (QED) is 0.657. The first-order valence-electron chi connectivity index (χ1n) is 7.40. The number of alkyl halides is 3. The normalized spacial score (nSPS) is 11.7. The number of benzene rings is 1. The summed E-state index contributed by atoms with van der Waals surface area (Å²) >= 11 is 0. The van der Waals surface area contributed by atoms with E-state index in [0.717, 1.165) is 12.1 Å². The number of nitrogens with zero attached hydrogens (tertiary/aromatic N) is 1. The summed E-state index contributed by atoms with van der Waals surface area (Å²) in [5.74, 6) is -1.33. The van der Waals surface area contributed by atoms with Crippen molar-refractivity contribution in [2.24, 2.45) is 0 Å². The third-order valence-corrected chi connectivity index (χ3v) is 3.33. The smallest absolute Gasteiger partial charge is 0.416 e. The topological polar surface area (TPSA) is 72.6 Å². The number of rotatable bonds is 5. The monoisotopic (exact) mass is 346 g/mol. The molecule has 0 aliphatic rings. The maximum Gasteiger partial charge on any atom is 0.416 e. The first-order chi connectivity index (χ1) is 10.9. The van der Waals surface area contributed by atoms with Crippen LogP contribution in [0.25, 0.3) is 0 Å². The molecule has 0 saturated heterocycles. The predicted molar refractivity (Wildman–Crippen MR) is 83.3 cm³/mol. The highest BCUT2D eigenvalue weighted by atomic mass is 19.4. The number of halogens is 3. The fraction of sp³-hybridized carbons (Fsp3) is 0.500. The molecule has 24 heavy (non-hydrogen) atoms. The van der Waals surface area contributed by atoms with Gasteiger partial charge in [0.15, 0.2) is 6.61 Å². The van der Waals surface area contributed by atoms with E-state index >= 15 is 0 Å². The van der Waals surface area contributed by atoms with Gasteiger partial charge in [-0.25, -0.2) is 4.79 Å². The van der Waals surface area contributed by atoms with Gasteiger partial charge in [0, 0.05) is 17.8 Å². The van der Waals surface area contributed by atoms with Crippen LogP contribution in [0.2, 0.25) is 0 Å². The summed E-state index contributed by atoms with van der Waals surface area (Å²) in [7, 11) is 0. The summed E-state index contributed by atoms with van der Waals surface area (Å²) in [5, 5.41) is 0.